The average molecular weight is 297 g/mol. The molecule has 5 heteroatoms. The maximum Gasteiger partial charge on any atom is 0.0614 e. The highest BCUT2D eigenvalue weighted by molar-refractivity contribution is 7.79. The van der Waals surface area contributed by atoms with Crippen molar-refractivity contribution in [3.8, 4) is 0 Å². The lowest BCUT2D eigenvalue weighted by molar-refractivity contribution is -0.0753. The van der Waals surface area contributed by atoms with Gasteiger partial charge < -0.3 is 4.55 Å². The van der Waals surface area contributed by atoms with Gasteiger partial charge in [0.1, 0.15) is 0 Å². The third-order valence-electron chi connectivity index (χ3n) is 6.29. The van der Waals surface area contributed by atoms with E-state index < -0.39 is 11.1 Å². The van der Waals surface area contributed by atoms with Crippen molar-refractivity contribution in [2.45, 2.75) is 38.1 Å². The van der Waals surface area contributed by atoms with Crippen molar-refractivity contribution in [1.82, 2.24) is 9.80 Å². The summed E-state index contributed by atoms with van der Waals surface area (Å²) in [5.41, 5.74) is 0. The largest absolute Gasteiger partial charge is 0.771 e. The molecule has 0 amide bonds. The molecule has 0 radical (unpaired) electrons. The zero-order valence-corrected chi connectivity index (χ0v) is 12.9. The fourth-order valence-corrected chi connectivity index (χ4v) is 6.39. The molecular weight excluding hydrogens is 272 g/mol. The van der Waals surface area contributed by atoms with Gasteiger partial charge in [-0.1, -0.05) is 0 Å². The van der Waals surface area contributed by atoms with Crippen LogP contribution in [0, 0.1) is 23.7 Å². The molecule has 5 aliphatic rings. The van der Waals surface area contributed by atoms with Gasteiger partial charge in [-0.15, -0.1) is 0 Å². The van der Waals surface area contributed by atoms with Gasteiger partial charge in [0.25, 0.3) is 0 Å². The number of hydrogen-bond acceptors (Lipinski definition) is 4. The zero-order valence-electron chi connectivity index (χ0n) is 12.1. The molecule has 0 N–H and O–H groups in total. The van der Waals surface area contributed by atoms with E-state index >= 15 is 0 Å². The molecule has 5 rings (SSSR count). The first-order valence-corrected chi connectivity index (χ1v) is 9.45. The summed E-state index contributed by atoms with van der Waals surface area (Å²) in [6, 6.07) is 0.822. The van der Waals surface area contributed by atoms with Gasteiger partial charge in [0.15, 0.2) is 0 Å². The molecule has 114 valence electrons. The molecule has 1 heterocycles. The van der Waals surface area contributed by atoms with Gasteiger partial charge in [-0.2, -0.15) is 0 Å². The maximum atomic E-state index is 10.8. The van der Waals surface area contributed by atoms with Crippen molar-refractivity contribution in [3.63, 3.8) is 0 Å². The Kier molecular flexibility index (Phi) is 3.65. The molecule has 4 aliphatic carbocycles. The second kappa shape index (κ2) is 5.34. The minimum Gasteiger partial charge on any atom is -0.771 e. The first kappa shape index (κ1) is 13.7. The van der Waals surface area contributed by atoms with Crippen molar-refractivity contribution in [1.29, 1.82) is 0 Å². The highest BCUT2D eigenvalue weighted by atomic mass is 32.2. The van der Waals surface area contributed by atoms with Gasteiger partial charge in [0.2, 0.25) is 0 Å². The molecule has 5 fully saturated rings. The van der Waals surface area contributed by atoms with E-state index in [4.69, 9.17) is 0 Å². The summed E-state index contributed by atoms with van der Waals surface area (Å²) in [4.78, 5) is 4.78. The van der Waals surface area contributed by atoms with Gasteiger partial charge in [-0.25, -0.2) is 0 Å². The van der Waals surface area contributed by atoms with Crippen LogP contribution in [0.3, 0.4) is 0 Å². The van der Waals surface area contributed by atoms with Gasteiger partial charge >= 0.3 is 0 Å². The second-order valence-corrected chi connectivity index (χ2v) is 8.37. The predicted molar refractivity (Wildman–Crippen MR) is 77.8 cm³/mol. The summed E-state index contributed by atoms with van der Waals surface area (Å²) in [6.45, 7) is 4.00. The van der Waals surface area contributed by atoms with Gasteiger partial charge in [-0.05, 0) is 66.9 Å². The van der Waals surface area contributed by atoms with E-state index in [2.05, 4.69) is 9.80 Å². The van der Waals surface area contributed by atoms with Crippen LogP contribution in [0.5, 0.6) is 0 Å². The Morgan fingerprint density at radius 3 is 1.95 bits per heavy atom. The Balaban J connectivity index is 1.38. The van der Waals surface area contributed by atoms with E-state index in [1.807, 2.05) is 0 Å². The normalized spacial score (nSPS) is 46.8. The van der Waals surface area contributed by atoms with Crippen LogP contribution in [0.15, 0.2) is 0 Å². The minimum absolute atomic E-state index is 0.218. The Labute approximate surface area is 124 Å². The van der Waals surface area contributed by atoms with Crippen LogP contribution in [0.25, 0.3) is 0 Å². The standard InChI is InChI=1S/C15H26N2O2S/c18-20(19)10-16-1-3-17(4-2-16)15-13-6-11-5-12(8-13)9-14(15)7-11/h11-15H,1-10H2,(H,18,19)/p-1. The molecular formula is C15H25N2O2S-. The van der Waals surface area contributed by atoms with Crippen molar-refractivity contribution in [3.05, 3.63) is 0 Å². The predicted octanol–water partition coefficient (Wildman–Crippen LogP) is 1.27. The molecule has 20 heavy (non-hydrogen) atoms. The molecule has 0 spiro atoms. The van der Waals surface area contributed by atoms with Crippen molar-refractivity contribution < 1.29 is 8.76 Å². The quantitative estimate of drug-likeness (QED) is 0.736. The lowest BCUT2D eigenvalue weighted by atomic mass is 9.54. The van der Waals surface area contributed by atoms with E-state index in [1.165, 1.54) is 32.1 Å². The summed E-state index contributed by atoms with van der Waals surface area (Å²) >= 11 is -1.93. The summed E-state index contributed by atoms with van der Waals surface area (Å²) in [7, 11) is 0. The van der Waals surface area contributed by atoms with E-state index in [9.17, 15) is 8.76 Å². The molecule has 4 bridgehead atoms. The van der Waals surface area contributed by atoms with Crippen LogP contribution < -0.4 is 0 Å². The monoisotopic (exact) mass is 297 g/mol. The lowest BCUT2D eigenvalue weighted by Gasteiger charge is -2.58. The number of rotatable bonds is 3. The number of piperazine rings is 1. The lowest BCUT2D eigenvalue weighted by Crippen LogP contribution is -2.60. The van der Waals surface area contributed by atoms with Crippen LogP contribution in [0.2, 0.25) is 0 Å². The van der Waals surface area contributed by atoms with Gasteiger partial charge in [0.05, 0.1) is 5.88 Å². The molecule has 0 aromatic rings. The maximum absolute atomic E-state index is 10.8. The van der Waals surface area contributed by atoms with Crippen LogP contribution in [0.1, 0.15) is 32.1 Å². The van der Waals surface area contributed by atoms with Crippen LogP contribution >= 0.6 is 0 Å². The van der Waals surface area contributed by atoms with Crippen molar-refractivity contribution in [2.24, 2.45) is 23.7 Å². The van der Waals surface area contributed by atoms with Gasteiger partial charge in [0, 0.05) is 32.2 Å². The van der Waals surface area contributed by atoms with Crippen LogP contribution in [-0.2, 0) is 11.1 Å². The number of hydrogen-bond donors (Lipinski definition) is 0. The van der Waals surface area contributed by atoms with E-state index in [0.29, 0.717) is 0 Å². The highest BCUT2D eigenvalue weighted by Crippen LogP contribution is 2.55. The van der Waals surface area contributed by atoms with Crippen LogP contribution in [-0.4, -0.2) is 56.7 Å². The Bertz CT molecular complexity index is 367. The van der Waals surface area contributed by atoms with E-state index in [0.717, 1.165) is 55.9 Å². The fourth-order valence-electron chi connectivity index (χ4n) is 5.83. The molecule has 4 saturated carbocycles. The van der Waals surface area contributed by atoms with Gasteiger partial charge in [-0.3, -0.25) is 14.0 Å². The SMILES string of the molecule is O=S([O-])CN1CCN(C2C3CC4CC(C3)CC2C4)CC1. The fraction of sp³-hybridized carbons (Fsp3) is 1.00. The molecule has 0 aromatic heterocycles. The second-order valence-electron chi connectivity index (χ2n) is 7.51. The first-order valence-electron chi connectivity index (χ1n) is 8.21. The van der Waals surface area contributed by atoms with E-state index in [1.54, 1.807) is 0 Å². The molecule has 0 aromatic carbocycles. The van der Waals surface area contributed by atoms with Crippen molar-refractivity contribution in [2.75, 3.05) is 32.1 Å². The molecule has 1 aliphatic heterocycles. The third kappa shape index (κ3) is 2.47. The highest BCUT2D eigenvalue weighted by Gasteiger charge is 2.50. The molecule has 1 unspecified atom stereocenters. The Morgan fingerprint density at radius 1 is 0.900 bits per heavy atom. The molecule has 1 saturated heterocycles. The third-order valence-corrected chi connectivity index (χ3v) is 6.87. The summed E-state index contributed by atoms with van der Waals surface area (Å²) < 4.78 is 21.6. The summed E-state index contributed by atoms with van der Waals surface area (Å²) in [5.74, 6) is 4.20. The zero-order chi connectivity index (χ0) is 13.7. The summed E-state index contributed by atoms with van der Waals surface area (Å²) in [5, 5.41) is 0. The van der Waals surface area contributed by atoms with Crippen molar-refractivity contribution >= 4 is 11.1 Å². The topological polar surface area (TPSA) is 46.6 Å². The molecule has 1 atom stereocenters. The first-order chi connectivity index (χ1) is 9.69. The van der Waals surface area contributed by atoms with Crippen LogP contribution in [0.4, 0.5) is 0 Å². The smallest absolute Gasteiger partial charge is 0.0614 e. The minimum atomic E-state index is -1.93. The Hall–Kier alpha value is 0.0300. The Morgan fingerprint density at radius 2 is 1.45 bits per heavy atom. The number of nitrogens with zero attached hydrogens (tertiary/aromatic N) is 2. The van der Waals surface area contributed by atoms with E-state index in [-0.39, 0.29) is 5.88 Å². The summed E-state index contributed by atoms with van der Waals surface area (Å²) in [6.07, 6.45) is 7.42. The molecule has 4 nitrogen and oxygen atoms in total. The average Bonchev–Trinajstić information content (AvgIpc) is 2.38.